The monoisotopic (exact) mass is 413 g/mol. The van der Waals surface area contributed by atoms with Gasteiger partial charge in [0.1, 0.15) is 11.0 Å². The summed E-state index contributed by atoms with van der Waals surface area (Å²) in [5, 5.41) is 9.18. The number of pyridine rings is 1. The summed E-state index contributed by atoms with van der Waals surface area (Å²) in [5.74, 6) is 0.162. The molecule has 0 amide bonds. The van der Waals surface area contributed by atoms with Crippen molar-refractivity contribution in [1.29, 1.82) is 0 Å². The number of hydrogen-bond donors (Lipinski definition) is 1. The molecule has 3 rings (SSSR count). The molecule has 0 atom stereocenters. The van der Waals surface area contributed by atoms with Gasteiger partial charge in [-0.2, -0.15) is 23.4 Å². The molecule has 2 aromatic heterocycles. The largest absolute Gasteiger partial charge is 0.417 e. The van der Waals surface area contributed by atoms with E-state index < -0.39 is 11.7 Å². The minimum absolute atomic E-state index is 0.162. The predicted molar refractivity (Wildman–Crippen MR) is 98.8 cm³/mol. The highest BCUT2D eigenvalue weighted by atomic mass is 35.5. The lowest BCUT2D eigenvalue weighted by molar-refractivity contribution is -0.137. The van der Waals surface area contributed by atoms with Gasteiger partial charge in [-0.3, -0.25) is 5.43 Å². The van der Waals surface area contributed by atoms with Crippen LogP contribution in [0.5, 0.6) is 0 Å². The van der Waals surface area contributed by atoms with Crippen LogP contribution in [0.3, 0.4) is 0 Å². The van der Waals surface area contributed by atoms with Gasteiger partial charge in [0.05, 0.1) is 28.7 Å². The molecule has 0 unspecified atom stereocenters. The first-order chi connectivity index (χ1) is 12.8. The third kappa shape index (κ3) is 4.40. The number of halogens is 5. The van der Waals surface area contributed by atoms with Crippen molar-refractivity contribution in [1.82, 2.24) is 14.8 Å². The van der Waals surface area contributed by atoms with Crippen LogP contribution in [-0.4, -0.2) is 21.0 Å². The Bertz CT molecular complexity index is 981. The van der Waals surface area contributed by atoms with Gasteiger partial charge in [-0.15, -0.1) is 0 Å². The zero-order valence-corrected chi connectivity index (χ0v) is 15.3. The lowest BCUT2D eigenvalue weighted by Crippen LogP contribution is -2.05. The number of hydrazone groups is 1. The van der Waals surface area contributed by atoms with Crippen molar-refractivity contribution in [3.63, 3.8) is 0 Å². The summed E-state index contributed by atoms with van der Waals surface area (Å²) in [7, 11) is 0. The summed E-state index contributed by atoms with van der Waals surface area (Å²) < 4.78 is 39.1. The summed E-state index contributed by atoms with van der Waals surface area (Å²) in [6.07, 6.45) is -2.29. The van der Waals surface area contributed by atoms with Crippen molar-refractivity contribution in [3.05, 3.63) is 69.6 Å². The van der Waals surface area contributed by atoms with Gasteiger partial charge in [-0.1, -0.05) is 29.3 Å². The van der Waals surface area contributed by atoms with E-state index >= 15 is 0 Å². The molecule has 1 N–H and O–H groups in total. The summed E-state index contributed by atoms with van der Waals surface area (Å²) in [4.78, 5) is 3.67. The predicted octanol–water partition coefficient (Wildman–Crippen LogP) is 5.35. The lowest BCUT2D eigenvalue weighted by atomic mass is 10.3. The number of aryl methyl sites for hydroxylation is 1. The van der Waals surface area contributed by atoms with Crippen molar-refractivity contribution in [2.24, 2.45) is 5.10 Å². The van der Waals surface area contributed by atoms with Gasteiger partial charge >= 0.3 is 6.18 Å². The molecule has 0 aliphatic carbocycles. The molecule has 0 aliphatic heterocycles. The smallest absolute Gasteiger partial charge is 0.261 e. The van der Waals surface area contributed by atoms with Crippen LogP contribution in [0.15, 0.2) is 47.7 Å². The molecule has 0 spiro atoms. The second kappa shape index (κ2) is 7.58. The van der Waals surface area contributed by atoms with E-state index in [-0.39, 0.29) is 5.82 Å². The number of aromatic nitrogens is 3. The van der Waals surface area contributed by atoms with E-state index in [9.17, 15) is 13.2 Å². The lowest BCUT2D eigenvalue weighted by Gasteiger charge is -2.06. The van der Waals surface area contributed by atoms with Gasteiger partial charge in [-0.25, -0.2) is 9.67 Å². The molecule has 0 saturated heterocycles. The first-order valence-electron chi connectivity index (χ1n) is 7.59. The molecular formula is C17H12Cl2F3N5. The first kappa shape index (κ1) is 19.2. The Hall–Kier alpha value is -2.58. The highest BCUT2D eigenvalue weighted by Gasteiger charge is 2.30. The Morgan fingerprint density at radius 3 is 2.59 bits per heavy atom. The zero-order valence-electron chi connectivity index (χ0n) is 13.8. The average molecular weight is 414 g/mol. The van der Waals surface area contributed by atoms with E-state index in [0.29, 0.717) is 27.1 Å². The number of nitrogens with one attached hydrogen (secondary N) is 1. The van der Waals surface area contributed by atoms with Crippen LogP contribution in [0.2, 0.25) is 10.2 Å². The summed E-state index contributed by atoms with van der Waals surface area (Å²) >= 11 is 12.4. The van der Waals surface area contributed by atoms with Crippen molar-refractivity contribution in [2.45, 2.75) is 13.1 Å². The van der Waals surface area contributed by atoms with Crippen molar-refractivity contribution >= 4 is 35.2 Å². The second-order valence-corrected chi connectivity index (χ2v) is 6.28. The molecular weight excluding hydrogens is 402 g/mol. The fraction of sp³-hybridized carbons (Fsp3) is 0.118. The van der Waals surface area contributed by atoms with Crippen molar-refractivity contribution in [2.75, 3.05) is 5.43 Å². The molecule has 0 aliphatic rings. The van der Waals surface area contributed by atoms with E-state index in [1.54, 1.807) is 31.2 Å². The van der Waals surface area contributed by atoms with E-state index in [4.69, 9.17) is 23.2 Å². The Balaban J connectivity index is 1.78. The van der Waals surface area contributed by atoms with Gasteiger partial charge in [0.15, 0.2) is 0 Å². The maximum Gasteiger partial charge on any atom is 0.417 e. The van der Waals surface area contributed by atoms with Gasteiger partial charge in [0.25, 0.3) is 0 Å². The summed E-state index contributed by atoms with van der Waals surface area (Å²) in [5.41, 5.74) is 3.58. The van der Waals surface area contributed by atoms with Crippen LogP contribution >= 0.6 is 23.2 Å². The maximum absolute atomic E-state index is 12.5. The number of hydrogen-bond acceptors (Lipinski definition) is 4. The SMILES string of the molecule is Cc1nn(-c2cccc(Cl)c2)c(Cl)c1/C=N/Nc1ccc(C(F)(F)F)cn1. The number of rotatable bonds is 4. The van der Waals surface area contributed by atoms with E-state index in [1.807, 2.05) is 0 Å². The van der Waals surface area contributed by atoms with Crippen molar-refractivity contribution < 1.29 is 13.2 Å². The Labute approximate surface area is 162 Å². The Morgan fingerprint density at radius 2 is 1.96 bits per heavy atom. The normalized spacial score (nSPS) is 11.9. The average Bonchev–Trinajstić information content (AvgIpc) is 2.89. The zero-order chi connectivity index (χ0) is 19.6. The van der Waals surface area contributed by atoms with E-state index in [0.717, 1.165) is 12.3 Å². The second-order valence-electron chi connectivity index (χ2n) is 5.48. The van der Waals surface area contributed by atoms with Crippen LogP contribution in [0, 0.1) is 6.92 Å². The number of benzene rings is 1. The molecule has 140 valence electrons. The number of anilines is 1. The molecule has 5 nitrogen and oxygen atoms in total. The Morgan fingerprint density at radius 1 is 1.19 bits per heavy atom. The molecule has 2 heterocycles. The molecule has 0 saturated carbocycles. The minimum atomic E-state index is -4.44. The van der Waals surface area contributed by atoms with E-state index in [1.165, 1.54) is 17.0 Å². The third-order valence-electron chi connectivity index (χ3n) is 3.56. The van der Waals surface area contributed by atoms with Crippen molar-refractivity contribution in [3.8, 4) is 5.69 Å². The molecule has 3 aromatic rings. The van der Waals surface area contributed by atoms with Crippen LogP contribution < -0.4 is 5.43 Å². The first-order valence-corrected chi connectivity index (χ1v) is 8.34. The number of nitrogens with zero attached hydrogens (tertiary/aromatic N) is 4. The maximum atomic E-state index is 12.5. The highest BCUT2D eigenvalue weighted by Crippen LogP contribution is 2.29. The summed E-state index contributed by atoms with van der Waals surface area (Å²) in [6.45, 7) is 1.75. The molecule has 10 heteroatoms. The molecule has 1 aromatic carbocycles. The Kier molecular flexibility index (Phi) is 5.38. The van der Waals surface area contributed by atoms with Crippen LogP contribution in [0.25, 0.3) is 5.69 Å². The van der Waals surface area contributed by atoms with Gasteiger partial charge in [0, 0.05) is 11.2 Å². The number of alkyl halides is 3. The molecule has 27 heavy (non-hydrogen) atoms. The molecule has 0 fully saturated rings. The van der Waals surface area contributed by atoms with Gasteiger partial charge < -0.3 is 0 Å². The van der Waals surface area contributed by atoms with Gasteiger partial charge in [0.2, 0.25) is 0 Å². The third-order valence-corrected chi connectivity index (χ3v) is 4.16. The molecule has 0 bridgehead atoms. The van der Waals surface area contributed by atoms with Crippen LogP contribution in [-0.2, 0) is 6.18 Å². The quantitative estimate of drug-likeness (QED) is 0.463. The summed E-state index contributed by atoms with van der Waals surface area (Å²) in [6, 6.07) is 9.13. The topological polar surface area (TPSA) is 55.1 Å². The standard InChI is InChI=1S/C17H12Cl2F3N5/c1-10-14(16(19)27(26-10)13-4-2-3-12(18)7-13)9-24-25-15-6-5-11(8-23-15)17(20,21)22/h2-9H,1H3,(H,23,25)/b24-9+. The van der Waals surface area contributed by atoms with Crippen LogP contribution in [0.4, 0.5) is 19.0 Å². The van der Waals surface area contributed by atoms with Gasteiger partial charge in [-0.05, 0) is 37.3 Å². The minimum Gasteiger partial charge on any atom is -0.261 e. The fourth-order valence-electron chi connectivity index (χ4n) is 2.23. The van der Waals surface area contributed by atoms with E-state index in [2.05, 4.69) is 20.6 Å². The van der Waals surface area contributed by atoms with Crippen LogP contribution in [0.1, 0.15) is 16.8 Å². The fourth-order valence-corrected chi connectivity index (χ4v) is 2.73. The molecule has 0 radical (unpaired) electrons. The highest BCUT2D eigenvalue weighted by molar-refractivity contribution is 6.32.